The van der Waals surface area contributed by atoms with Crippen LogP contribution in [-0.2, 0) is 11.8 Å². The normalized spacial score (nSPS) is 32.5. The van der Waals surface area contributed by atoms with Crippen LogP contribution in [0.15, 0.2) is 30.5 Å². The molecule has 2 bridgehead atoms. The minimum absolute atomic E-state index is 0.0489. The van der Waals surface area contributed by atoms with Gasteiger partial charge in [-0.3, -0.25) is 0 Å². The van der Waals surface area contributed by atoms with E-state index in [0.29, 0.717) is 11.8 Å². The maximum Gasteiger partial charge on any atom is 0.115 e. The summed E-state index contributed by atoms with van der Waals surface area (Å²) in [6.45, 7) is 7.68. The molecule has 0 aromatic heterocycles. The third-order valence-electron chi connectivity index (χ3n) is 6.78. The summed E-state index contributed by atoms with van der Waals surface area (Å²) in [5.74, 6) is 0.356. The number of hydrogen-bond acceptors (Lipinski definition) is 3. The lowest BCUT2D eigenvalue weighted by Crippen LogP contribution is -2.61. The highest BCUT2D eigenvalue weighted by Crippen LogP contribution is 2.57. The molecule has 23 heavy (non-hydrogen) atoms. The molecule has 1 aliphatic heterocycles. The van der Waals surface area contributed by atoms with E-state index >= 15 is 0 Å². The molecule has 2 aliphatic carbocycles. The van der Waals surface area contributed by atoms with E-state index in [1.807, 2.05) is 6.07 Å². The highest BCUT2D eigenvalue weighted by molar-refractivity contribution is 5.49. The molecule has 1 heterocycles. The zero-order valence-corrected chi connectivity index (χ0v) is 14.3. The van der Waals surface area contributed by atoms with Crippen molar-refractivity contribution in [2.24, 2.45) is 5.41 Å². The van der Waals surface area contributed by atoms with Crippen LogP contribution in [0.4, 0.5) is 0 Å². The molecule has 1 aromatic carbocycles. The predicted molar refractivity (Wildman–Crippen MR) is 91.4 cm³/mol. The van der Waals surface area contributed by atoms with Crippen molar-refractivity contribution in [3.05, 3.63) is 41.6 Å². The summed E-state index contributed by atoms with van der Waals surface area (Å²) < 4.78 is 0. The van der Waals surface area contributed by atoms with Crippen molar-refractivity contribution < 1.29 is 10.2 Å². The fourth-order valence-corrected chi connectivity index (χ4v) is 5.00. The molecule has 0 saturated heterocycles. The number of hydrogen-bond donors (Lipinski definition) is 2. The summed E-state index contributed by atoms with van der Waals surface area (Å²) in [6.07, 6.45) is 8.38. The van der Waals surface area contributed by atoms with Crippen LogP contribution in [0.3, 0.4) is 0 Å². The summed E-state index contributed by atoms with van der Waals surface area (Å²) in [6, 6.07) is 6.24. The van der Waals surface area contributed by atoms with Crippen LogP contribution < -0.4 is 0 Å². The van der Waals surface area contributed by atoms with E-state index < -0.39 is 5.60 Å². The monoisotopic (exact) mass is 313 g/mol. The first kappa shape index (κ1) is 15.1. The number of aromatic hydroxyl groups is 1. The van der Waals surface area contributed by atoms with Gasteiger partial charge in [-0.25, -0.2) is 0 Å². The third kappa shape index (κ3) is 1.99. The van der Waals surface area contributed by atoms with Crippen LogP contribution in [0.25, 0.3) is 0 Å². The van der Waals surface area contributed by atoms with Gasteiger partial charge in [0.25, 0.3) is 0 Å². The zero-order valence-electron chi connectivity index (χ0n) is 14.3. The van der Waals surface area contributed by atoms with Gasteiger partial charge >= 0.3 is 0 Å². The van der Waals surface area contributed by atoms with Gasteiger partial charge in [0.15, 0.2) is 0 Å². The molecule has 1 unspecified atom stereocenters. The number of nitrogens with zero attached hydrogens (tertiary/aromatic N) is 1. The summed E-state index contributed by atoms with van der Waals surface area (Å²) in [5, 5.41) is 20.4. The maximum atomic E-state index is 10.4. The Labute approximate surface area is 138 Å². The lowest BCUT2D eigenvalue weighted by atomic mass is 9.51. The molecule has 124 valence electrons. The van der Waals surface area contributed by atoms with Gasteiger partial charge in [0.2, 0.25) is 0 Å². The van der Waals surface area contributed by atoms with Crippen LogP contribution in [0.2, 0.25) is 0 Å². The molecule has 3 aliphatic rings. The van der Waals surface area contributed by atoms with Crippen molar-refractivity contribution in [1.29, 1.82) is 0 Å². The Balaban J connectivity index is 1.84. The topological polar surface area (TPSA) is 43.7 Å². The summed E-state index contributed by atoms with van der Waals surface area (Å²) in [5.41, 5.74) is 2.16. The van der Waals surface area contributed by atoms with Crippen LogP contribution in [-0.4, -0.2) is 33.3 Å². The molecule has 0 spiro atoms. The lowest BCUT2D eigenvalue weighted by molar-refractivity contribution is 0.00415. The SMILES string of the molecule is CC[C@@]12C=CN(CC3(O)CC3)C(Cc3ccc(O)cc31)C2(C)C. The van der Waals surface area contributed by atoms with Crippen molar-refractivity contribution >= 4 is 0 Å². The Morgan fingerprint density at radius 2 is 2.00 bits per heavy atom. The number of phenolic OH excluding ortho intramolecular Hbond substituents is 1. The fraction of sp³-hybridized carbons (Fsp3) is 0.600. The number of fused-ring (bicyclic) bond motifs is 4. The molecule has 2 N–H and O–H groups in total. The smallest absolute Gasteiger partial charge is 0.115 e. The molecule has 3 heteroatoms. The summed E-state index contributed by atoms with van der Waals surface area (Å²) >= 11 is 0. The van der Waals surface area contributed by atoms with Gasteiger partial charge in [0.1, 0.15) is 5.75 Å². The van der Waals surface area contributed by atoms with Crippen molar-refractivity contribution in [3.8, 4) is 5.75 Å². The van der Waals surface area contributed by atoms with Gasteiger partial charge in [0, 0.05) is 18.0 Å². The minimum atomic E-state index is -0.470. The second-order valence-corrected chi connectivity index (χ2v) is 8.32. The third-order valence-corrected chi connectivity index (χ3v) is 6.78. The largest absolute Gasteiger partial charge is 0.508 e. The Morgan fingerprint density at radius 1 is 1.26 bits per heavy atom. The van der Waals surface area contributed by atoms with E-state index in [1.54, 1.807) is 6.07 Å². The minimum Gasteiger partial charge on any atom is -0.508 e. The van der Waals surface area contributed by atoms with Crippen molar-refractivity contribution in [1.82, 2.24) is 4.90 Å². The summed E-state index contributed by atoms with van der Waals surface area (Å²) in [7, 11) is 0. The number of phenols is 1. The van der Waals surface area contributed by atoms with Gasteiger partial charge in [-0.05, 0) is 60.6 Å². The molecule has 4 rings (SSSR count). The van der Waals surface area contributed by atoms with Crippen LogP contribution in [0.5, 0.6) is 5.75 Å². The first-order chi connectivity index (χ1) is 10.8. The Hall–Kier alpha value is -1.48. The average Bonchev–Trinajstić information content (AvgIpc) is 3.21. The Bertz CT molecular complexity index is 674. The lowest BCUT2D eigenvalue weighted by Gasteiger charge is -2.59. The quantitative estimate of drug-likeness (QED) is 0.899. The van der Waals surface area contributed by atoms with Crippen LogP contribution in [0.1, 0.15) is 51.2 Å². The molecule has 1 aromatic rings. The highest BCUT2D eigenvalue weighted by atomic mass is 16.3. The molecule has 0 radical (unpaired) electrons. The summed E-state index contributed by atoms with van der Waals surface area (Å²) in [4.78, 5) is 2.37. The molecule has 1 fully saturated rings. The van der Waals surface area contributed by atoms with E-state index in [0.717, 1.165) is 32.2 Å². The van der Waals surface area contributed by atoms with Crippen molar-refractivity contribution in [2.75, 3.05) is 6.54 Å². The second-order valence-electron chi connectivity index (χ2n) is 8.32. The molecule has 0 amide bonds. The van der Waals surface area contributed by atoms with Crippen molar-refractivity contribution in [3.63, 3.8) is 0 Å². The van der Waals surface area contributed by atoms with E-state index in [9.17, 15) is 10.2 Å². The Morgan fingerprint density at radius 3 is 2.65 bits per heavy atom. The Kier molecular flexibility index (Phi) is 2.97. The maximum absolute atomic E-state index is 10.4. The van der Waals surface area contributed by atoms with Gasteiger partial charge in [-0.15, -0.1) is 0 Å². The zero-order chi connectivity index (χ0) is 16.5. The van der Waals surface area contributed by atoms with Crippen LogP contribution in [0, 0.1) is 5.41 Å². The second kappa shape index (κ2) is 4.54. The van der Waals surface area contributed by atoms with E-state index in [2.05, 4.69) is 44.0 Å². The number of β-amino-alcohol motifs (C(OH)–C–C–N with tert-alkyl or cyclic N) is 1. The first-order valence-electron chi connectivity index (χ1n) is 8.81. The average molecular weight is 313 g/mol. The molecular weight excluding hydrogens is 286 g/mol. The van der Waals surface area contributed by atoms with Gasteiger partial charge in [-0.1, -0.05) is 32.9 Å². The van der Waals surface area contributed by atoms with Crippen molar-refractivity contribution in [2.45, 2.75) is 63.5 Å². The van der Waals surface area contributed by atoms with Gasteiger partial charge < -0.3 is 15.1 Å². The van der Waals surface area contributed by atoms with E-state index in [4.69, 9.17) is 0 Å². The standard InChI is InChI=1S/C20H27NO2/c1-4-20-9-10-21(13-19(23)7-8-19)17(18(20,2)3)11-14-5-6-15(22)12-16(14)20/h5-6,9-10,12,17,22-23H,4,7-8,11,13H2,1-3H3/t17?,20-/m1/s1. The highest BCUT2D eigenvalue weighted by Gasteiger charge is 2.56. The number of aliphatic hydroxyl groups is 1. The van der Waals surface area contributed by atoms with E-state index in [-0.39, 0.29) is 10.8 Å². The molecule has 1 saturated carbocycles. The molecule has 2 atom stereocenters. The number of benzene rings is 1. The predicted octanol–water partition coefficient (Wildman–Crippen LogP) is 3.35. The first-order valence-corrected chi connectivity index (χ1v) is 8.81. The van der Waals surface area contributed by atoms with Gasteiger partial charge in [0.05, 0.1) is 5.60 Å². The number of allylic oxidation sites excluding steroid dienone is 1. The number of rotatable bonds is 3. The fourth-order valence-electron chi connectivity index (χ4n) is 5.00. The van der Waals surface area contributed by atoms with E-state index in [1.165, 1.54) is 11.1 Å². The molecular formula is C20H27NO2. The molecule has 3 nitrogen and oxygen atoms in total. The van der Waals surface area contributed by atoms with Crippen LogP contribution >= 0.6 is 0 Å². The van der Waals surface area contributed by atoms with Gasteiger partial charge in [-0.2, -0.15) is 0 Å².